The predicted molar refractivity (Wildman–Crippen MR) is 137 cm³/mol. The molecule has 2 heterocycles. The van der Waals surface area contributed by atoms with Crippen molar-refractivity contribution in [2.45, 2.75) is 37.5 Å². The highest BCUT2D eigenvalue weighted by Crippen LogP contribution is 2.37. The van der Waals surface area contributed by atoms with E-state index in [9.17, 15) is 32.3 Å². The van der Waals surface area contributed by atoms with Gasteiger partial charge in [-0.25, -0.2) is 29.1 Å². The number of carbonyl (C=O) groups excluding carboxylic acids is 1. The lowest BCUT2D eigenvalue weighted by Crippen LogP contribution is -2.45. The van der Waals surface area contributed by atoms with Gasteiger partial charge in [0, 0.05) is 23.3 Å². The molecule has 41 heavy (non-hydrogen) atoms. The Bertz CT molecular complexity index is 1610. The van der Waals surface area contributed by atoms with Gasteiger partial charge in [0.1, 0.15) is 34.8 Å². The molecular weight excluding hydrogens is 548 g/mol. The van der Waals surface area contributed by atoms with Crippen LogP contribution < -0.4 is 15.4 Å². The number of carboxylic acid groups (broad SMARTS) is 1. The third-order valence-electron chi connectivity index (χ3n) is 6.56. The number of aromatic nitrogens is 4. The van der Waals surface area contributed by atoms with Crippen LogP contribution in [-0.2, 0) is 15.8 Å². The smallest absolute Gasteiger partial charge is 0.451 e. The summed E-state index contributed by atoms with van der Waals surface area (Å²) in [6.45, 7) is 1.19. The van der Waals surface area contributed by atoms with E-state index in [0.29, 0.717) is 46.3 Å². The number of benzene rings is 2. The third-order valence-corrected chi connectivity index (χ3v) is 6.56. The second-order valence-electron chi connectivity index (χ2n) is 9.53. The first-order chi connectivity index (χ1) is 19.4. The van der Waals surface area contributed by atoms with E-state index in [1.807, 2.05) is 0 Å². The van der Waals surface area contributed by atoms with Gasteiger partial charge >= 0.3 is 12.1 Å². The molecule has 14 heteroatoms. The van der Waals surface area contributed by atoms with Crippen LogP contribution in [0.1, 0.15) is 37.2 Å². The Labute approximate surface area is 229 Å². The molecular formula is C27H22F4N6O4. The standard InChI is InChI=1S/C27H22F4N6O4/c1-14(17-10-32-24(33-11-17)27(29,30)31)36-23-19-8-16(15-2-4-18(28)5-3-15)9-20(22(19)34-13-35-23)41-12-21(38)37-26(6-7-26)25(39)40/h2-5,8-11,13-14H,6-7,12H2,1H3,(H,37,38)(H,39,40)(H,34,35,36)/t14-/m1/s1. The summed E-state index contributed by atoms with van der Waals surface area (Å²) < 4.78 is 58.0. The summed E-state index contributed by atoms with van der Waals surface area (Å²) in [5.74, 6) is -2.98. The summed E-state index contributed by atoms with van der Waals surface area (Å²) in [6, 6.07) is 8.41. The van der Waals surface area contributed by atoms with Crippen molar-refractivity contribution in [3.05, 3.63) is 72.3 Å². The van der Waals surface area contributed by atoms with E-state index < -0.39 is 47.9 Å². The van der Waals surface area contributed by atoms with Gasteiger partial charge in [-0.05, 0) is 55.2 Å². The van der Waals surface area contributed by atoms with E-state index in [4.69, 9.17) is 4.74 Å². The first-order valence-corrected chi connectivity index (χ1v) is 12.3. The Morgan fingerprint density at radius 2 is 1.73 bits per heavy atom. The van der Waals surface area contributed by atoms with Crippen molar-refractivity contribution in [2.24, 2.45) is 0 Å². The monoisotopic (exact) mass is 570 g/mol. The molecule has 1 aliphatic carbocycles. The predicted octanol–water partition coefficient (Wildman–Crippen LogP) is 4.53. The van der Waals surface area contributed by atoms with Gasteiger partial charge in [-0.3, -0.25) is 4.79 Å². The van der Waals surface area contributed by atoms with Gasteiger partial charge in [0.2, 0.25) is 5.82 Å². The number of alkyl halides is 3. The largest absolute Gasteiger partial charge is 0.481 e. The number of ether oxygens (including phenoxy) is 1. The van der Waals surface area contributed by atoms with Crippen LogP contribution in [0.5, 0.6) is 5.75 Å². The molecule has 2 aromatic heterocycles. The van der Waals surface area contributed by atoms with Crippen LogP contribution in [0.4, 0.5) is 23.4 Å². The molecule has 0 unspecified atom stereocenters. The summed E-state index contributed by atoms with van der Waals surface area (Å²) in [6.07, 6.45) is -0.651. The van der Waals surface area contributed by atoms with Gasteiger partial charge < -0.3 is 20.5 Å². The number of amides is 1. The number of halogens is 4. The number of nitrogens with one attached hydrogen (secondary N) is 2. The number of carboxylic acids is 1. The highest BCUT2D eigenvalue weighted by atomic mass is 19.4. The molecule has 0 radical (unpaired) electrons. The first-order valence-electron chi connectivity index (χ1n) is 12.3. The van der Waals surface area contributed by atoms with Gasteiger partial charge in [-0.15, -0.1) is 0 Å². The lowest BCUT2D eigenvalue weighted by atomic mass is 10.0. The highest BCUT2D eigenvalue weighted by molar-refractivity contribution is 5.97. The molecule has 1 fully saturated rings. The molecule has 4 aromatic rings. The van der Waals surface area contributed by atoms with Crippen molar-refractivity contribution in [1.29, 1.82) is 0 Å². The van der Waals surface area contributed by atoms with E-state index >= 15 is 0 Å². The molecule has 212 valence electrons. The Morgan fingerprint density at radius 1 is 1.05 bits per heavy atom. The van der Waals surface area contributed by atoms with Gasteiger partial charge in [-0.2, -0.15) is 13.2 Å². The van der Waals surface area contributed by atoms with Crippen LogP contribution in [0.3, 0.4) is 0 Å². The van der Waals surface area contributed by atoms with Gasteiger partial charge in [0.15, 0.2) is 6.61 Å². The second-order valence-corrected chi connectivity index (χ2v) is 9.53. The summed E-state index contributed by atoms with van der Waals surface area (Å²) in [7, 11) is 0. The molecule has 10 nitrogen and oxygen atoms in total. The molecule has 0 saturated heterocycles. The maximum atomic E-state index is 13.6. The van der Waals surface area contributed by atoms with E-state index in [0.717, 1.165) is 12.4 Å². The minimum atomic E-state index is -4.67. The maximum Gasteiger partial charge on any atom is 0.451 e. The molecule has 2 aromatic carbocycles. The molecule has 3 N–H and O–H groups in total. The lowest BCUT2D eigenvalue weighted by molar-refractivity contribution is -0.145. The number of aliphatic carboxylic acids is 1. The summed E-state index contributed by atoms with van der Waals surface area (Å²) in [5, 5.41) is 15.4. The average Bonchev–Trinajstić information content (AvgIpc) is 3.72. The van der Waals surface area contributed by atoms with E-state index in [-0.39, 0.29) is 5.75 Å². The molecule has 1 saturated carbocycles. The van der Waals surface area contributed by atoms with Crippen molar-refractivity contribution in [3.8, 4) is 16.9 Å². The third kappa shape index (κ3) is 6.00. The number of hydrogen-bond donors (Lipinski definition) is 3. The van der Waals surface area contributed by atoms with Crippen LogP contribution in [0.2, 0.25) is 0 Å². The van der Waals surface area contributed by atoms with E-state index in [1.54, 1.807) is 31.2 Å². The van der Waals surface area contributed by atoms with Crippen molar-refractivity contribution >= 4 is 28.6 Å². The zero-order chi connectivity index (χ0) is 29.4. The van der Waals surface area contributed by atoms with Crippen molar-refractivity contribution in [1.82, 2.24) is 25.3 Å². The van der Waals surface area contributed by atoms with Crippen LogP contribution in [0.25, 0.3) is 22.0 Å². The van der Waals surface area contributed by atoms with Crippen LogP contribution in [0, 0.1) is 5.82 Å². The fourth-order valence-electron chi connectivity index (χ4n) is 4.13. The van der Waals surface area contributed by atoms with Crippen molar-refractivity contribution in [3.63, 3.8) is 0 Å². The quantitative estimate of drug-likeness (QED) is 0.248. The molecule has 0 aliphatic heterocycles. The van der Waals surface area contributed by atoms with Crippen molar-refractivity contribution < 1.29 is 37.0 Å². The number of rotatable bonds is 9. The van der Waals surface area contributed by atoms with E-state index in [1.165, 1.54) is 18.5 Å². The topological polar surface area (TPSA) is 139 Å². The highest BCUT2D eigenvalue weighted by Gasteiger charge is 2.51. The van der Waals surface area contributed by atoms with Gasteiger partial charge in [0.05, 0.1) is 6.04 Å². The summed E-state index contributed by atoms with van der Waals surface area (Å²) in [5.41, 5.74) is 0.567. The molecule has 1 amide bonds. The average molecular weight is 571 g/mol. The molecule has 1 aliphatic rings. The van der Waals surface area contributed by atoms with Gasteiger partial charge in [0.25, 0.3) is 5.91 Å². The summed E-state index contributed by atoms with van der Waals surface area (Å²) >= 11 is 0. The lowest BCUT2D eigenvalue weighted by Gasteiger charge is -2.18. The maximum absolute atomic E-state index is 13.6. The fourth-order valence-corrected chi connectivity index (χ4v) is 4.13. The second kappa shape index (κ2) is 10.6. The summed E-state index contributed by atoms with van der Waals surface area (Å²) in [4.78, 5) is 39.3. The SMILES string of the molecule is C[C@@H](Nc1ncnc2c(OCC(=O)NC3(C(=O)O)CC3)cc(-c3ccc(F)cc3)cc12)c1cnc(C(F)(F)F)nc1. The fraction of sp³-hybridized carbons (Fsp3) is 0.259. The van der Waals surface area contributed by atoms with E-state index in [2.05, 4.69) is 30.6 Å². The Morgan fingerprint density at radius 3 is 2.34 bits per heavy atom. The molecule has 0 spiro atoms. The normalized spacial score (nSPS) is 14.8. The van der Waals surface area contributed by atoms with Crippen LogP contribution >= 0.6 is 0 Å². The number of carbonyl (C=O) groups is 2. The Kier molecular flexibility index (Phi) is 7.15. The molecule has 0 bridgehead atoms. The minimum Gasteiger partial charge on any atom is -0.481 e. The minimum absolute atomic E-state index is 0.174. The molecule has 1 atom stereocenters. The number of fused-ring (bicyclic) bond motifs is 1. The van der Waals surface area contributed by atoms with Crippen LogP contribution in [-0.4, -0.2) is 49.1 Å². The zero-order valence-electron chi connectivity index (χ0n) is 21.4. The van der Waals surface area contributed by atoms with Crippen molar-refractivity contribution in [2.75, 3.05) is 11.9 Å². The molecule has 5 rings (SSSR count). The van der Waals surface area contributed by atoms with Gasteiger partial charge in [-0.1, -0.05) is 12.1 Å². The number of hydrogen-bond acceptors (Lipinski definition) is 8. The number of nitrogens with zero attached hydrogens (tertiary/aromatic N) is 4. The van der Waals surface area contributed by atoms with Crippen LogP contribution in [0.15, 0.2) is 55.1 Å². The zero-order valence-corrected chi connectivity index (χ0v) is 21.4. The number of anilines is 1. The Hall–Kier alpha value is -4.88. The first kappa shape index (κ1) is 27.7. The Balaban J connectivity index is 1.47.